The first kappa shape index (κ1) is 13.6. The maximum absolute atomic E-state index is 13.7. The first-order valence-corrected chi connectivity index (χ1v) is 6.64. The molecule has 1 aromatic carbocycles. The fourth-order valence-electron chi connectivity index (χ4n) is 1.79. The molecule has 0 bridgehead atoms. The van der Waals surface area contributed by atoms with Gasteiger partial charge in [-0.1, -0.05) is 17.7 Å². The minimum atomic E-state index is -0.298. The van der Waals surface area contributed by atoms with Crippen LogP contribution in [0.1, 0.15) is 17.4 Å². The molecule has 0 aliphatic heterocycles. The molecule has 0 amide bonds. The molecule has 0 saturated carbocycles. The van der Waals surface area contributed by atoms with E-state index >= 15 is 0 Å². The molecule has 18 heavy (non-hydrogen) atoms. The number of hydrogen-bond acceptors (Lipinski definition) is 2. The second-order valence-corrected chi connectivity index (χ2v) is 5.08. The maximum atomic E-state index is 13.7. The van der Waals surface area contributed by atoms with Gasteiger partial charge in [-0.15, -0.1) is 0 Å². The molecule has 1 atom stereocenters. The van der Waals surface area contributed by atoms with Gasteiger partial charge in [-0.25, -0.2) is 4.39 Å². The van der Waals surface area contributed by atoms with Crippen molar-refractivity contribution < 1.29 is 8.81 Å². The molecule has 2 rings (SSSR count). The van der Waals surface area contributed by atoms with Gasteiger partial charge in [0.15, 0.2) is 4.67 Å². The molecule has 0 fully saturated rings. The lowest BCUT2D eigenvalue weighted by Crippen LogP contribution is -2.19. The zero-order chi connectivity index (χ0) is 13.1. The zero-order valence-electron chi connectivity index (χ0n) is 9.71. The molecule has 0 radical (unpaired) electrons. The van der Waals surface area contributed by atoms with Gasteiger partial charge in [-0.05, 0) is 53.7 Å². The number of halogens is 3. The van der Waals surface area contributed by atoms with Crippen molar-refractivity contribution in [3.63, 3.8) is 0 Å². The van der Waals surface area contributed by atoms with Crippen LogP contribution in [0.15, 0.2) is 39.4 Å². The number of hydrogen-bond donors (Lipinski definition) is 1. The van der Waals surface area contributed by atoms with Crippen molar-refractivity contribution in [2.45, 2.75) is 12.5 Å². The second kappa shape index (κ2) is 5.87. The van der Waals surface area contributed by atoms with E-state index in [4.69, 9.17) is 16.0 Å². The Hall–Kier alpha value is -0.840. The third kappa shape index (κ3) is 2.94. The predicted molar refractivity (Wildman–Crippen MR) is 73.3 cm³/mol. The van der Waals surface area contributed by atoms with Crippen LogP contribution in [0.2, 0.25) is 5.02 Å². The minimum Gasteiger partial charge on any atom is -0.453 e. The van der Waals surface area contributed by atoms with Crippen molar-refractivity contribution in [1.82, 2.24) is 5.32 Å². The molecule has 1 unspecified atom stereocenters. The third-order valence-electron chi connectivity index (χ3n) is 2.76. The van der Waals surface area contributed by atoms with Crippen LogP contribution in [0.3, 0.4) is 0 Å². The monoisotopic (exact) mass is 331 g/mol. The van der Waals surface area contributed by atoms with Gasteiger partial charge in [-0.3, -0.25) is 0 Å². The highest BCUT2D eigenvalue weighted by atomic mass is 79.9. The number of nitrogens with one attached hydrogen (secondary N) is 1. The van der Waals surface area contributed by atoms with Crippen LogP contribution in [0, 0.1) is 5.82 Å². The smallest absolute Gasteiger partial charge is 0.169 e. The lowest BCUT2D eigenvalue weighted by atomic mass is 10.0. The van der Waals surface area contributed by atoms with E-state index in [9.17, 15) is 4.39 Å². The highest BCUT2D eigenvalue weighted by Gasteiger charge is 2.18. The Morgan fingerprint density at radius 3 is 2.72 bits per heavy atom. The van der Waals surface area contributed by atoms with Crippen molar-refractivity contribution >= 4 is 27.5 Å². The van der Waals surface area contributed by atoms with E-state index in [1.165, 1.54) is 6.07 Å². The molecule has 0 spiro atoms. The molecule has 0 saturated heterocycles. The summed E-state index contributed by atoms with van der Waals surface area (Å²) in [6.07, 6.45) is 0.433. The summed E-state index contributed by atoms with van der Waals surface area (Å²) in [6.45, 7) is 0. The normalized spacial score (nSPS) is 12.7. The molecular formula is C13H12BrClFNO. The van der Waals surface area contributed by atoms with Crippen molar-refractivity contribution in [2.24, 2.45) is 0 Å². The van der Waals surface area contributed by atoms with E-state index in [0.717, 1.165) is 5.76 Å². The molecule has 1 N–H and O–H groups in total. The van der Waals surface area contributed by atoms with Gasteiger partial charge in [0.2, 0.25) is 0 Å². The summed E-state index contributed by atoms with van der Waals surface area (Å²) in [5, 5.41) is 3.53. The first-order valence-electron chi connectivity index (χ1n) is 5.47. The van der Waals surface area contributed by atoms with Gasteiger partial charge in [0.25, 0.3) is 0 Å². The highest BCUT2D eigenvalue weighted by Crippen LogP contribution is 2.27. The van der Waals surface area contributed by atoms with E-state index < -0.39 is 0 Å². The third-order valence-corrected chi connectivity index (χ3v) is 3.54. The van der Waals surface area contributed by atoms with Crippen LogP contribution in [-0.2, 0) is 6.42 Å². The Kier molecular flexibility index (Phi) is 4.43. The van der Waals surface area contributed by atoms with Crippen LogP contribution >= 0.6 is 27.5 Å². The molecule has 1 heterocycles. The van der Waals surface area contributed by atoms with Crippen molar-refractivity contribution in [3.8, 4) is 0 Å². The lowest BCUT2D eigenvalue weighted by molar-refractivity contribution is 0.413. The summed E-state index contributed by atoms with van der Waals surface area (Å²) >= 11 is 9.27. The van der Waals surface area contributed by atoms with Crippen molar-refractivity contribution in [1.29, 1.82) is 0 Å². The van der Waals surface area contributed by atoms with E-state index in [-0.39, 0.29) is 11.9 Å². The molecule has 1 aromatic heterocycles. The topological polar surface area (TPSA) is 25.2 Å². The standard InChI is InChI=1S/C13H12BrClFNO/c1-17-11(12-5-6-13(14)18-12)7-8-9(15)3-2-4-10(8)16/h2-6,11,17H,7H2,1H3. The van der Waals surface area contributed by atoms with E-state index in [1.807, 2.05) is 12.1 Å². The highest BCUT2D eigenvalue weighted by molar-refractivity contribution is 9.10. The SMILES string of the molecule is CNC(Cc1c(F)cccc1Cl)c1ccc(Br)o1. The first-order chi connectivity index (χ1) is 8.61. The number of benzene rings is 1. The summed E-state index contributed by atoms with van der Waals surface area (Å²) in [6, 6.07) is 8.23. The number of likely N-dealkylation sites (N-methyl/N-ethyl adjacent to an activating group) is 1. The second-order valence-electron chi connectivity index (χ2n) is 3.89. The Bertz CT molecular complexity index is 523. The van der Waals surface area contributed by atoms with Crippen LogP contribution < -0.4 is 5.32 Å². The van der Waals surface area contributed by atoms with Crippen molar-refractivity contribution in [3.05, 3.63) is 57.2 Å². The fraction of sp³-hybridized carbons (Fsp3) is 0.231. The van der Waals surface area contributed by atoms with Gasteiger partial charge in [0, 0.05) is 10.6 Å². The summed E-state index contributed by atoms with van der Waals surface area (Å²) < 4.78 is 19.8. The average molecular weight is 333 g/mol. The number of rotatable bonds is 4. The number of furan rings is 1. The van der Waals surface area contributed by atoms with Crippen LogP contribution in [0.5, 0.6) is 0 Å². The fourth-order valence-corrected chi connectivity index (χ4v) is 2.35. The molecule has 0 aliphatic rings. The average Bonchev–Trinajstić information content (AvgIpc) is 2.76. The van der Waals surface area contributed by atoms with Crippen LogP contribution in [0.25, 0.3) is 0 Å². The quantitative estimate of drug-likeness (QED) is 0.901. The molecule has 2 aromatic rings. The van der Waals surface area contributed by atoms with E-state index in [1.54, 1.807) is 19.2 Å². The largest absolute Gasteiger partial charge is 0.453 e. The summed E-state index contributed by atoms with van der Waals surface area (Å²) in [7, 11) is 1.80. The zero-order valence-corrected chi connectivity index (χ0v) is 12.1. The van der Waals surface area contributed by atoms with Crippen LogP contribution in [-0.4, -0.2) is 7.05 Å². The Labute approximate surface area is 118 Å². The van der Waals surface area contributed by atoms with Gasteiger partial charge < -0.3 is 9.73 Å². The van der Waals surface area contributed by atoms with E-state index in [0.29, 0.717) is 21.7 Å². The maximum Gasteiger partial charge on any atom is 0.169 e. The molecule has 96 valence electrons. The molecule has 2 nitrogen and oxygen atoms in total. The lowest BCUT2D eigenvalue weighted by Gasteiger charge is -2.15. The van der Waals surface area contributed by atoms with E-state index in [2.05, 4.69) is 21.2 Å². The Morgan fingerprint density at radius 1 is 1.39 bits per heavy atom. The van der Waals surface area contributed by atoms with Gasteiger partial charge in [0.05, 0.1) is 6.04 Å². The Balaban J connectivity index is 2.26. The Morgan fingerprint density at radius 2 is 2.17 bits per heavy atom. The summed E-state index contributed by atoms with van der Waals surface area (Å²) in [5.74, 6) is 0.442. The predicted octanol–water partition coefficient (Wildman–Crippen LogP) is 4.34. The van der Waals surface area contributed by atoms with Gasteiger partial charge in [0.1, 0.15) is 11.6 Å². The van der Waals surface area contributed by atoms with Crippen LogP contribution in [0.4, 0.5) is 4.39 Å². The minimum absolute atomic E-state index is 0.120. The van der Waals surface area contributed by atoms with Crippen molar-refractivity contribution in [2.75, 3.05) is 7.05 Å². The van der Waals surface area contributed by atoms with Gasteiger partial charge in [-0.2, -0.15) is 0 Å². The summed E-state index contributed by atoms with van der Waals surface area (Å²) in [4.78, 5) is 0. The molecular weight excluding hydrogens is 321 g/mol. The molecule has 5 heteroatoms. The summed E-state index contributed by atoms with van der Waals surface area (Å²) in [5.41, 5.74) is 0.492. The van der Waals surface area contributed by atoms with Gasteiger partial charge >= 0.3 is 0 Å². The molecule has 0 aliphatic carbocycles.